The van der Waals surface area contributed by atoms with Crippen LogP contribution in [-0.4, -0.2) is 40.7 Å². The first-order valence-corrected chi connectivity index (χ1v) is 9.63. The van der Waals surface area contributed by atoms with Crippen molar-refractivity contribution in [3.05, 3.63) is 53.6 Å². The monoisotopic (exact) mass is 375 g/mol. The summed E-state index contributed by atoms with van der Waals surface area (Å²) in [7, 11) is -3.96. The van der Waals surface area contributed by atoms with Crippen LogP contribution < -0.4 is 14.7 Å². The molecule has 0 saturated carbocycles. The van der Waals surface area contributed by atoms with Crippen molar-refractivity contribution in [3.63, 3.8) is 0 Å². The van der Waals surface area contributed by atoms with Gasteiger partial charge in [0.2, 0.25) is 0 Å². The van der Waals surface area contributed by atoms with E-state index in [1.54, 1.807) is 19.1 Å². The SMILES string of the molecule is Cc1ccc(C(=O)[O-])cc1S(=O)(=O)Nc1ccccc1N1CCOCC1. The number of anilines is 2. The summed E-state index contributed by atoms with van der Waals surface area (Å²) in [5, 5.41) is 11.1. The molecule has 1 N–H and O–H groups in total. The Morgan fingerprint density at radius 1 is 1.15 bits per heavy atom. The Hall–Kier alpha value is -2.58. The van der Waals surface area contributed by atoms with Gasteiger partial charge in [0.15, 0.2) is 0 Å². The van der Waals surface area contributed by atoms with Gasteiger partial charge in [-0.05, 0) is 36.2 Å². The lowest BCUT2D eigenvalue weighted by Gasteiger charge is -2.30. The number of benzene rings is 2. The zero-order chi connectivity index (χ0) is 18.7. The minimum Gasteiger partial charge on any atom is -0.545 e. The Balaban J connectivity index is 1.96. The van der Waals surface area contributed by atoms with Gasteiger partial charge < -0.3 is 19.5 Å². The number of aromatic carboxylic acids is 1. The fraction of sp³-hybridized carbons (Fsp3) is 0.278. The predicted molar refractivity (Wildman–Crippen MR) is 95.8 cm³/mol. The Bertz CT molecular complexity index is 921. The van der Waals surface area contributed by atoms with Crippen LogP contribution in [0.3, 0.4) is 0 Å². The van der Waals surface area contributed by atoms with Gasteiger partial charge in [0, 0.05) is 13.1 Å². The molecule has 0 radical (unpaired) electrons. The van der Waals surface area contributed by atoms with Gasteiger partial charge in [-0.2, -0.15) is 0 Å². The number of carbonyl (C=O) groups is 1. The van der Waals surface area contributed by atoms with Crippen LogP contribution in [0.25, 0.3) is 0 Å². The molecule has 3 rings (SSSR count). The van der Waals surface area contributed by atoms with Crippen LogP contribution in [0.4, 0.5) is 11.4 Å². The Morgan fingerprint density at radius 2 is 1.85 bits per heavy atom. The van der Waals surface area contributed by atoms with Crippen LogP contribution in [0.15, 0.2) is 47.4 Å². The second kappa shape index (κ2) is 7.35. The quantitative estimate of drug-likeness (QED) is 0.837. The van der Waals surface area contributed by atoms with Crippen molar-refractivity contribution in [2.45, 2.75) is 11.8 Å². The number of hydrogen-bond donors (Lipinski definition) is 1. The minimum atomic E-state index is -3.96. The molecule has 1 heterocycles. The van der Waals surface area contributed by atoms with Crippen molar-refractivity contribution in [2.75, 3.05) is 35.9 Å². The zero-order valence-corrected chi connectivity index (χ0v) is 15.1. The van der Waals surface area contributed by atoms with E-state index in [0.717, 1.165) is 11.8 Å². The van der Waals surface area contributed by atoms with E-state index in [2.05, 4.69) is 4.72 Å². The van der Waals surface area contributed by atoms with Crippen molar-refractivity contribution in [2.24, 2.45) is 0 Å². The van der Waals surface area contributed by atoms with Gasteiger partial charge in [-0.3, -0.25) is 4.72 Å². The Morgan fingerprint density at radius 3 is 2.54 bits per heavy atom. The van der Waals surface area contributed by atoms with E-state index in [-0.39, 0.29) is 10.5 Å². The van der Waals surface area contributed by atoms with Gasteiger partial charge in [0.25, 0.3) is 10.0 Å². The van der Waals surface area contributed by atoms with Crippen LogP contribution in [0, 0.1) is 6.92 Å². The molecular weight excluding hydrogens is 356 g/mol. The highest BCUT2D eigenvalue weighted by atomic mass is 32.2. The lowest BCUT2D eigenvalue weighted by Crippen LogP contribution is -2.36. The molecule has 0 bridgehead atoms. The smallest absolute Gasteiger partial charge is 0.262 e. The summed E-state index contributed by atoms with van der Waals surface area (Å²) in [6.07, 6.45) is 0. The number of rotatable bonds is 5. The normalized spacial score (nSPS) is 14.9. The first kappa shape index (κ1) is 18.2. The number of ether oxygens (including phenoxy) is 1. The van der Waals surface area contributed by atoms with Crippen LogP contribution in [0.5, 0.6) is 0 Å². The molecule has 2 aromatic carbocycles. The molecule has 2 aromatic rings. The number of aryl methyl sites for hydroxylation is 1. The summed E-state index contributed by atoms with van der Waals surface area (Å²) in [6.45, 7) is 4.10. The lowest BCUT2D eigenvalue weighted by molar-refractivity contribution is -0.255. The molecule has 1 fully saturated rings. The molecule has 1 aliphatic rings. The maximum absolute atomic E-state index is 12.9. The number of nitrogens with one attached hydrogen (secondary N) is 1. The summed E-state index contributed by atoms with van der Waals surface area (Å²) in [5.41, 5.74) is 1.46. The molecule has 1 saturated heterocycles. The van der Waals surface area contributed by atoms with Gasteiger partial charge in [-0.1, -0.05) is 24.3 Å². The third kappa shape index (κ3) is 3.81. The van der Waals surface area contributed by atoms with E-state index in [0.29, 0.717) is 37.6 Å². The molecule has 0 aromatic heterocycles. The van der Waals surface area contributed by atoms with Crippen molar-refractivity contribution in [3.8, 4) is 0 Å². The number of morpholine rings is 1. The molecule has 138 valence electrons. The van der Waals surface area contributed by atoms with E-state index in [9.17, 15) is 18.3 Å². The number of carbonyl (C=O) groups excluding carboxylic acids is 1. The van der Waals surface area contributed by atoms with Gasteiger partial charge in [0.1, 0.15) is 0 Å². The number of carboxylic acids is 1. The molecule has 26 heavy (non-hydrogen) atoms. The number of nitrogens with zero attached hydrogens (tertiary/aromatic N) is 1. The summed E-state index contributed by atoms with van der Waals surface area (Å²) in [6, 6.07) is 11.0. The van der Waals surface area contributed by atoms with E-state index < -0.39 is 16.0 Å². The second-order valence-corrected chi connectivity index (χ2v) is 7.64. The molecule has 0 atom stereocenters. The third-order valence-electron chi connectivity index (χ3n) is 4.21. The second-order valence-electron chi connectivity index (χ2n) is 5.99. The molecule has 0 amide bonds. The maximum Gasteiger partial charge on any atom is 0.262 e. The van der Waals surface area contributed by atoms with E-state index in [4.69, 9.17) is 4.74 Å². The van der Waals surface area contributed by atoms with Gasteiger partial charge in [0.05, 0.1) is 35.5 Å². The molecule has 0 aliphatic carbocycles. The third-order valence-corrected chi connectivity index (χ3v) is 5.72. The number of hydrogen-bond acceptors (Lipinski definition) is 6. The standard InChI is InChI=1S/C18H20N2O5S/c1-13-6-7-14(18(21)22)12-17(13)26(23,24)19-15-4-2-3-5-16(15)20-8-10-25-11-9-20/h2-7,12,19H,8-11H2,1H3,(H,21,22)/p-1. The molecule has 7 nitrogen and oxygen atoms in total. The van der Waals surface area contributed by atoms with Crippen LogP contribution in [0.2, 0.25) is 0 Å². The number of para-hydroxylation sites is 2. The highest BCUT2D eigenvalue weighted by Crippen LogP contribution is 2.29. The molecule has 0 spiro atoms. The molecule has 1 aliphatic heterocycles. The lowest BCUT2D eigenvalue weighted by atomic mass is 10.1. The fourth-order valence-electron chi connectivity index (χ4n) is 2.86. The number of carboxylic acid groups (broad SMARTS) is 1. The van der Waals surface area contributed by atoms with E-state index >= 15 is 0 Å². The van der Waals surface area contributed by atoms with E-state index in [1.807, 2.05) is 17.0 Å². The molecule has 0 unspecified atom stereocenters. The van der Waals surface area contributed by atoms with Gasteiger partial charge >= 0.3 is 0 Å². The minimum absolute atomic E-state index is 0.0871. The number of sulfonamides is 1. The summed E-state index contributed by atoms with van der Waals surface area (Å²) >= 11 is 0. The van der Waals surface area contributed by atoms with Crippen LogP contribution in [-0.2, 0) is 14.8 Å². The summed E-state index contributed by atoms with van der Waals surface area (Å²) < 4.78 is 33.7. The van der Waals surface area contributed by atoms with Crippen LogP contribution >= 0.6 is 0 Å². The van der Waals surface area contributed by atoms with Gasteiger partial charge in [-0.15, -0.1) is 0 Å². The Kier molecular flexibility index (Phi) is 5.15. The fourth-order valence-corrected chi connectivity index (χ4v) is 4.20. The first-order valence-electron chi connectivity index (χ1n) is 8.15. The molecular formula is C18H19N2O5S-. The highest BCUT2D eigenvalue weighted by Gasteiger charge is 2.21. The molecule has 8 heteroatoms. The van der Waals surface area contributed by atoms with Crippen LogP contribution in [0.1, 0.15) is 15.9 Å². The average molecular weight is 375 g/mol. The predicted octanol–water partition coefficient (Wildman–Crippen LogP) is 0.996. The maximum atomic E-state index is 12.9. The van der Waals surface area contributed by atoms with Gasteiger partial charge in [-0.25, -0.2) is 8.42 Å². The summed E-state index contributed by atoms with van der Waals surface area (Å²) in [4.78, 5) is 13.0. The van der Waals surface area contributed by atoms with Crippen molar-refractivity contribution in [1.29, 1.82) is 0 Å². The first-order chi connectivity index (χ1) is 12.4. The highest BCUT2D eigenvalue weighted by molar-refractivity contribution is 7.92. The van der Waals surface area contributed by atoms with Crippen molar-refractivity contribution >= 4 is 27.4 Å². The van der Waals surface area contributed by atoms with Crippen molar-refractivity contribution in [1.82, 2.24) is 0 Å². The van der Waals surface area contributed by atoms with E-state index in [1.165, 1.54) is 12.1 Å². The summed E-state index contributed by atoms with van der Waals surface area (Å²) in [5.74, 6) is -1.42. The zero-order valence-electron chi connectivity index (χ0n) is 14.3. The Labute approximate surface area is 152 Å². The average Bonchev–Trinajstić information content (AvgIpc) is 2.62. The largest absolute Gasteiger partial charge is 0.545 e. The topological polar surface area (TPSA) is 98.8 Å². The van der Waals surface area contributed by atoms with Crippen molar-refractivity contribution < 1.29 is 23.1 Å².